The number of benzene rings is 5. The van der Waals surface area contributed by atoms with Gasteiger partial charge in [-0.25, -0.2) is 13.7 Å². The zero-order chi connectivity index (χ0) is 94.3. The smallest absolute Gasteiger partial charge is 0.205 e. The van der Waals surface area contributed by atoms with E-state index in [2.05, 4.69) is 291 Å². The van der Waals surface area contributed by atoms with Crippen molar-refractivity contribution in [3.63, 3.8) is 0 Å². The van der Waals surface area contributed by atoms with E-state index in [-0.39, 0.29) is 51.7 Å². The highest BCUT2D eigenvalue weighted by Gasteiger charge is 2.65. The zero-order valence-electron chi connectivity index (χ0n) is 78.1. The standard InChI is InChI=1S/2C17H22B10N.3C13H14B10N/c1-11(2)9-13-5-7-15-14(10-13)6-8-16(28(15)4)17-12(3)23(17)27(25(20)21)26(22)24(18)19;1-11(2)7-13-5-6-14-10-28(4)16(9-15(14)8-13)17-12(3)23(17)27(25(20)21)26(22)24(18)19;1-9-13(19(9)23(21(16)17)22(18)20(14)15)12-7-10-5-3-4-6-11(10)8-24(12)2;1-9-12(19(9)23(21(16)17)22(18)20(14)15)13-11-6-4-3-5-10(11)7-8-24(13)2;1-9-13(19(9)23(21(16)17)22(18)20(14)15)12-8-7-10-5-3-4-6-11(10)24(12)2/h5-8,10-12,17H,9H2,1-4H3;5-6,8-12,17H,7H2,1-4H3;3-9,13H,1-2H3;3-9,12H,1-2H3;3-9,13H,1-2H3/q5*+1/t2*12-,17?;9-,13?;9-,12?;9-,13?/m00000/s1. The van der Waals surface area contributed by atoms with Crippen LogP contribution in [0.25, 0.3) is 54.1 Å². The average Bonchev–Trinajstić information content (AvgIpc) is 1.59. The Morgan fingerprint density at radius 1 is 0.273 bits per heavy atom. The summed E-state index contributed by atoms with van der Waals surface area (Å²) in [5.74, 6) is 5.28. The van der Waals surface area contributed by atoms with Gasteiger partial charge < -0.3 is 0 Å². The van der Waals surface area contributed by atoms with Gasteiger partial charge in [-0.2, -0.15) is 9.13 Å². The van der Waals surface area contributed by atoms with Crippen LogP contribution in [0.5, 0.6) is 0 Å². The number of nitrogens with zero attached hydrogens (tertiary/aromatic N) is 5. The van der Waals surface area contributed by atoms with Gasteiger partial charge in [0.05, 0.1) is 0 Å². The number of hydrogen-bond donors (Lipinski definition) is 0. The molecule has 5 fully saturated rings. The molecule has 55 heteroatoms. The molecule has 10 aromatic rings. The van der Waals surface area contributed by atoms with Gasteiger partial charge in [-0.3, -0.25) is 0 Å². The first kappa shape index (κ1) is 105. The summed E-state index contributed by atoms with van der Waals surface area (Å²) >= 11 is 0. The highest BCUT2D eigenvalue weighted by atomic mass is 15.0. The SMILES string of the molecule is [B]B([B])B([B])B(B([B])[B])B1C(c2c3ccccc3cc[n+]2C)[C@@H]1C.[B]B([B])B([B])B(B([B])[B])B1C(c2cc3cc(CC(C)C)ccc3c[n+]2C)[C@@H]1C.[B]B([B])B([B])B(B([B])[B])B1C(c2cc3ccccc3c[n+]2C)[C@@H]1C.[B]B([B])B([B])B(B([B])[B])B1C(c2ccc3cc(CC(C)C)ccc3[n+]2C)[C@@H]1C.[B]B([B])B([B])B(B([B])[B])B1C(c2ccc3ccccc3[n+]2C)[C@@H]1C. The summed E-state index contributed by atoms with van der Waals surface area (Å²) in [5.41, 5.74) is 11.6. The third kappa shape index (κ3) is 23.6. The van der Waals surface area contributed by atoms with Gasteiger partial charge in [0.1, 0.15) is 68.3 Å². The lowest BCUT2D eigenvalue weighted by Gasteiger charge is -2.25. The molecule has 5 unspecified atom stereocenters. The molecule has 10 atom stereocenters. The summed E-state index contributed by atoms with van der Waals surface area (Å²) in [4.78, 5) is 0. The third-order valence-corrected chi connectivity index (χ3v) is 29.8. The maximum atomic E-state index is 6.28. The van der Waals surface area contributed by atoms with Gasteiger partial charge in [0, 0.05) is 420 Å². The minimum Gasteiger partial charge on any atom is -0.205 e. The van der Waals surface area contributed by atoms with Crippen molar-refractivity contribution in [2.75, 3.05) is 0 Å². The molecule has 10 heterocycles. The molecule has 5 aromatic carbocycles. The van der Waals surface area contributed by atoms with Crippen LogP contribution in [0.4, 0.5) is 0 Å². The number of aromatic nitrogens is 5. The molecular weight excluding hydrogens is 1490 g/mol. The van der Waals surface area contributed by atoms with Gasteiger partial charge in [0.15, 0.2) is 47.1 Å². The van der Waals surface area contributed by atoms with E-state index < -0.39 is 95.8 Å². The summed E-state index contributed by atoms with van der Waals surface area (Å²) in [6.07, 6.45) is 0.275. The molecule has 0 bridgehead atoms. The number of pyridine rings is 5. The van der Waals surface area contributed by atoms with E-state index >= 15 is 0 Å². The van der Waals surface area contributed by atoms with E-state index in [0.29, 0.717) is 83.2 Å². The number of rotatable bonds is 29. The Morgan fingerprint density at radius 2 is 0.570 bits per heavy atom. The van der Waals surface area contributed by atoms with Crippen molar-refractivity contribution in [1.82, 2.24) is 0 Å². The highest BCUT2D eigenvalue weighted by molar-refractivity contribution is 8.04. The normalized spacial score (nSPS) is 18.8. The Hall–Kier alpha value is -3.60. The Labute approximate surface area is 814 Å². The molecular formula is C73H86B50N5+5. The molecule has 5 aliphatic heterocycles. The quantitative estimate of drug-likeness (QED) is 0.0342. The molecule has 548 valence electrons. The highest BCUT2D eigenvalue weighted by Crippen LogP contribution is 2.56. The van der Waals surface area contributed by atoms with Crippen LogP contribution in [0.1, 0.15) is 131 Å². The lowest BCUT2D eigenvalue weighted by atomic mass is 8.57. The molecule has 50 radical (unpaired) electrons. The van der Waals surface area contributed by atoms with Crippen LogP contribution < -0.4 is 22.8 Å². The predicted octanol–water partition coefficient (Wildman–Crippen LogP) is -3.58. The Kier molecular flexibility index (Phi) is 36.6. The van der Waals surface area contributed by atoms with E-state index in [1.54, 1.807) is 0 Å². The summed E-state index contributed by atoms with van der Waals surface area (Å²) in [6, 6.07) is 54.2. The lowest BCUT2D eigenvalue weighted by Crippen LogP contribution is -2.64. The van der Waals surface area contributed by atoms with Crippen molar-refractivity contribution < 1.29 is 22.8 Å². The van der Waals surface area contributed by atoms with Crippen LogP contribution in [-0.4, -0.2) is 354 Å². The van der Waals surface area contributed by atoms with Gasteiger partial charge in [-0.1, -0.05) is 158 Å². The average molecular weight is 1570 g/mol. The van der Waals surface area contributed by atoms with Gasteiger partial charge in [0.2, 0.25) is 11.0 Å². The van der Waals surface area contributed by atoms with Crippen LogP contribution in [-0.2, 0) is 48.1 Å². The largest absolute Gasteiger partial charge is 0.212 e. The molecule has 128 heavy (non-hydrogen) atoms. The maximum Gasteiger partial charge on any atom is 0.212 e. The predicted molar refractivity (Wildman–Crippen MR) is 611 cm³/mol. The molecule has 5 aliphatic rings. The summed E-state index contributed by atoms with van der Waals surface area (Å²) in [5, 5.41) is 9.96. The second-order valence-corrected chi connectivity index (χ2v) is 39.8. The molecule has 0 N–H and O–H groups in total. The van der Waals surface area contributed by atoms with E-state index in [9.17, 15) is 0 Å². The third-order valence-electron chi connectivity index (χ3n) is 29.8. The number of aryl methyl sites for hydroxylation is 5. The van der Waals surface area contributed by atoms with Crippen molar-refractivity contribution in [2.45, 2.75) is 133 Å². The molecule has 5 saturated heterocycles. The first-order valence-electron chi connectivity index (χ1n) is 46.1. The molecule has 15 rings (SSSR count). The van der Waals surface area contributed by atoms with Crippen molar-refractivity contribution >= 4 is 408 Å². The van der Waals surface area contributed by atoms with Crippen LogP contribution >= 0.6 is 0 Å². The van der Waals surface area contributed by atoms with Crippen LogP contribution in [0.3, 0.4) is 0 Å². The van der Waals surface area contributed by atoms with Crippen molar-refractivity contribution in [3.8, 4) is 0 Å². The zero-order valence-corrected chi connectivity index (χ0v) is 78.1. The second kappa shape index (κ2) is 44.7. The fourth-order valence-corrected chi connectivity index (χ4v) is 22.7. The first-order chi connectivity index (χ1) is 60.2. The number of hydrogen-bond acceptors (Lipinski definition) is 0. The summed E-state index contributed by atoms with van der Waals surface area (Å²) in [6.45, 7) is 21.6. The van der Waals surface area contributed by atoms with Crippen LogP contribution in [0, 0.1) is 11.8 Å². The Morgan fingerprint density at radius 3 is 0.961 bits per heavy atom. The van der Waals surface area contributed by atoms with Crippen molar-refractivity contribution in [1.29, 1.82) is 0 Å². The van der Waals surface area contributed by atoms with E-state index in [0.717, 1.165) is 12.8 Å². The number of fused-ring (bicyclic) bond motifs is 5. The maximum absolute atomic E-state index is 6.28. The van der Waals surface area contributed by atoms with E-state index in [1.165, 1.54) is 93.7 Å². The van der Waals surface area contributed by atoms with E-state index in [1.807, 2.05) is 0 Å². The van der Waals surface area contributed by atoms with Crippen molar-refractivity contribution in [2.24, 2.45) is 47.1 Å². The van der Waals surface area contributed by atoms with Gasteiger partial charge in [-0.15, -0.1) is 0 Å². The molecule has 0 saturated carbocycles. The monoisotopic (exact) mass is 1580 g/mol. The summed E-state index contributed by atoms with van der Waals surface area (Å²) in [7, 11) is 161. The molecule has 0 amide bonds. The van der Waals surface area contributed by atoms with Crippen molar-refractivity contribution in [3.05, 3.63) is 210 Å². The summed E-state index contributed by atoms with van der Waals surface area (Å²) < 4.78 is 11.2. The first-order valence-corrected chi connectivity index (χ1v) is 46.1. The fourth-order valence-electron chi connectivity index (χ4n) is 22.7. The molecule has 5 nitrogen and oxygen atoms in total. The minimum absolute atomic E-state index is 0.100. The van der Waals surface area contributed by atoms with Gasteiger partial charge in [0.25, 0.3) is 0 Å². The number of para-hydroxylation sites is 1. The lowest BCUT2D eigenvalue weighted by molar-refractivity contribution is -0.677. The fraction of sp³-hybridized carbons (Fsp3) is 0.384. The topological polar surface area (TPSA) is 19.4 Å². The molecule has 0 spiro atoms. The van der Waals surface area contributed by atoms with Crippen LogP contribution in [0.2, 0.25) is 29.1 Å². The minimum atomic E-state index is -0.628. The molecule has 0 aliphatic carbocycles. The Balaban J connectivity index is 0.000000155. The second-order valence-electron chi connectivity index (χ2n) is 39.8. The van der Waals surface area contributed by atoms with Crippen LogP contribution in [0.15, 0.2) is 170 Å². The Bertz CT molecular complexity index is 5360. The van der Waals surface area contributed by atoms with Gasteiger partial charge in [-0.05, 0) is 94.4 Å². The van der Waals surface area contributed by atoms with Gasteiger partial charge >= 0.3 is 0 Å². The van der Waals surface area contributed by atoms with E-state index in [4.69, 9.17) is 193 Å². The molecule has 5 aromatic heterocycles.